The van der Waals surface area contributed by atoms with Gasteiger partial charge in [0.05, 0.1) is 10.9 Å². The lowest BCUT2D eigenvalue weighted by atomic mass is 10.0. The summed E-state index contributed by atoms with van der Waals surface area (Å²) in [5.41, 5.74) is 1.59. The first-order valence-electron chi connectivity index (χ1n) is 9.46. The third-order valence-corrected chi connectivity index (χ3v) is 6.90. The lowest BCUT2D eigenvalue weighted by Gasteiger charge is -2.08. The van der Waals surface area contributed by atoms with Gasteiger partial charge in [0.25, 0.3) is 0 Å². The molecule has 0 amide bonds. The summed E-state index contributed by atoms with van der Waals surface area (Å²) in [6, 6.07) is 35.7. The van der Waals surface area contributed by atoms with Gasteiger partial charge in [-0.1, -0.05) is 48.5 Å². The third-order valence-electron chi connectivity index (χ3n) is 4.67. The number of hydrogen-bond donors (Lipinski definition) is 1. The number of carbonyl (C=O) groups is 1. The van der Waals surface area contributed by atoms with Crippen LogP contribution in [0.4, 0.5) is 0 Å². The second-order valence-corrected chi connectivity index (χ2v) is 8.75. The van der Waals surface area contributed by atoms with Crippen molar-refractivity contribution in [2.24, 2.45) is 0 Å². The van der Waals surface area contributed by atoms with Gasteiger partial charge in [-0.05, 0) is 66.2 Å². The summed E-state index contributed by atoms with van der Waals surface area (Å²) in [5, 5.41) is 9.39. The smallest absolute Gasteiger partial charge is 0.167 e. The number of aromatic hydroxyl groups is 1. The Morgan fingerprint density at radius 1 is 0.621 bits per heavy atom. The predicted octanol–water partition coefficient (Wildman–Crippen LogP) is 5.91. The molecule has 0 saturated heterocycles. The molecule has 3 heteroatoms. The topological polar surface area (TPSA) is 37.3 Å². The lowest BCUT2D eigenvalue weighted by molar-refractivity contribution is 0.0993. The Labute approximate surface area is 173 Å². The largest absolute Gasteiger partial charge is 0.508 e. The summed E-state index contributed by atoms with van der Waals surface area (Å²) in [4.78, 5) is 16.3. The van der Waals surface area contributed by atoms with Crippen LogP contribution in [-0.4, -0.2) is 10.9 Å². The van der Waals surface area contributed by atoms with Crippen LogP contribution in [-0.2, 0) is 17.3 Å². The zero-order chi connectivity index (χ0) is 20.1. The van der Waals surface area contributed by atoms with Crippen LogP contribution in [0.15, 0.2) is 124 Å². The first-order chi connectivity index (χ1) is 14.2. The Bertz CT molecular complexity index is 1030. The van der Waals surface area contributed by atoms with Crippen molar-refractivity contribution in [2.75, 3.05) is 0 Å². The normalized spacial score (nSPS) is 10.8. The molecule has 0 aromatic heterocycles. The zero-order valence-electron chi connectivity index (χ0n) is 15.9. The monoisotopic (exact) mass is 397 g/mol. The van der Waals surface area contributed by atoms with Crippen molar-refractivity contribution in [3.8, 4) is 5.75 Å². The van der Waals surface area contributed by atoms with E-state index in [0.717, 1.165) is 5.56 Å². The molecule has 0 aliphatic rings. The standard InChI is InChI=1S/C26H20O2S/c27-22-15-11-20(12-16-22)19-26(28)21-13-17-25(18-14-21)29(23-7-3-1-4-8-23)24-9-5-2-6-10-24/h1-18H,19H2/p+1. The number of benzene rings is 4. The molecular weight excluding hydrogens is 376 g/mol. The van der Waals surface area contributed by atoms with Crippen LogP contribution in [0.5, 0.6) is 5.75 Å². The van der Waals surface area contributed by atoms with E-state index < -0.39 is 0 Å². The summed E-state index contributed by atoms with van der Waals surface area (Å²) in [6.45, 7) is 0. The minimum atomic E-state index is -0.216. The van der Waals surface area contributed by atoms with Crippen LogP contribution in [0, 0.1) is 0 Å². The summed E-state index contributed by atoms with van der Waals surface area (Å²) in [5.74, 6) is 0.279. The fourth-order valence-corrected chi connectivity index (χ4v) is 5.28. The Morgan fingerprint density at radius 2 is 1.10 bits per heavy atom. The third kappa shape index (κ3) is 4.58. The minimum Gasteiger partial charge on any atom is -0.508 e. The Kier molecular flexibility index (Phi) is 5.78. The first kappa shape index (κ1) is 19.0. The van der Waals surface area contributed by atoms with E-state index in [0.29, 0.717) is 12.0 Å². The van der Waals surface area contributed by atoms with Crippen LogP contribution in [0.1, 0.15) is 15.9 Å². The van der Waals surface area contributed by atoms with Gasteiger partial charge in [-0.3, -0.25) is 4.79 Å². The molecule has 0 saturated carbocycles. The molecular formula is C26H21O2S+. The SMILES string of the molecule is O=C(Cc1ccc(O)cc1)c1ccc([S+](c2ccccc2)c2ccccc2)cc1. The van der Waals surface area contributed by atoms with Crippen molar-refractivity contribution in [2.45, 2.75) is 21.1 Å². The highest BCUT2D eigenvalue weighted by Crippen LogP contribution is 2.31. The van der Waals surface area contributed by atoms with Crippen molar-refractivity contribution in [1.82, 2.24) is 0 Å². The molecule has 0 unspecified atom stereocenters. The molecule has 0 aliphatic heterocycles. The maximum Gasteiger partial charge on any atom is 0.167 e. The molecule has 0 fully saturated rings. The molecule has 2 nitrogen and oxygen atoms in total. The highest BCUT2D eigenvalue weighted by Gasteiger charge is 2.28. The molecule has 1 N–H and O–H groups in total. The fourth-order valence-electron chi connectivity index (χ4n) is 3.20. The average molecular weight is 398 g/mol. The summed E-state index contributed by atoms with van der Waals surface area (Å²) in [6.07, 6.45) is 0.322. The molecule has 4 rings (SSSR count). The van der Waals surface area contributed by atoms with Gasteiger partial charge in [-0.25, -0.2) is 0 Å². The predicted molar refractivity (Wildman–Crippen MR) is 118 cm³/mol. The van der Waals surface area contributed by atoms with E-state index in [-0.39, 0.29) is 22.4 Å². The van der Waals surface area contributed by atoms with E-state index in [2.05, 4.69) is 60.7 Å². The van der Waals surface area contributed by atoms with Gasteiger partial charge in [0.2, 0.25) is 0 Å². The van der Waals surface area contributed by atoms with E-state index in [4.69, 9.17) is 0 Å². The number of hydrogen-bond acceptors (Lipinski definition) is 2. The second-order valence-electron chi connectivity index (χ2n) is 6.72. The number of phenolic OH excluding ortho intramolecular Hbond substituents is 1. The number of rotatable bonds is 6. The van der Waals surface area contributed by atoms with E-state index in [1.54, 1.807) is 24.3 Å². The van der Waals surface area contributed by atoms with Crippen LogP contribution in [0.25, 0.3) is 0 Å². The Morgan fingerprint density at radius 3 is 1.62 bits per heavy atom. The second kappa shape index (κ2) is 8.80. The van der Waals surface area contributed by atoms with Gasteiger partial charge in [0, 0.05) is 12.0 Å². The van der Waals surface area contributed by atoms with Crippen molar-refractivity contribution in [1.29, 1.82) is 0 Å². The number of carbonyl (C=O) groups excluding carboxylic acids is 1. The Balaban J connectivity index is 1.60. The fraction of sp³-hybridized carbons (Fsp3) is 0.0385. The molecule has 0 heterocycles. The van der Waals surface area contributed by atoms with Gasteiger partial charge >= 0.3 is 0 Å². The molecule has 0 spiro atoms. The molecule has 4 aromatic carbocycles. The van der Waals surface area contributed by atoms with Gasteiger partial charge in [0.1, 0.15) is 5.75 Å². The highest BCUT2D eigenvalue weighted by atomic mass is 32.2. The molecule has 0 atom stereocenters. The van der Waals surface area contributed by atoms with Crippen LogP contribution in [0.3, 0.4) is 0 Å². The molecule has 29 heavy (non-hydrogen) atoms. The molecule has 4 aromatic rings. The zero-order valence-corrected chi connectivity index (χ0v) is 16.7. The van der Waals surface area contributed by atoms with Crippen molar-refractivity contribution < 1.29 is 9.90 Å². The molecule has 142 valence electrons. The number of Topliss-reactive ketones (excluding diaryl/α,β-unsaturated/α-hetero) is 1. The van der Waals surface area contributed by atoms with Gasteiger partial charge < -0.3 is 5.11 Å². The molecule has 0 radical (unpaired) electrons. The quantitative estimate of drug-likeness (QED) is 0.324. The molecule has 0 aliphatic carbocycles. The minimum absolute atomic E-state index is 0.0709. The Hall–Kier alpha value is -3.30. The van der Waals surface area contributed by atoms with Crippen molar-refractivity contribution >= 4 is 16.7 Å². The van der Waals surface area contributed by atoms with E-state index >= 15 is 0 Å². The lowest BCUT2D eigenvalue weighted by Crippen LogP contribution is -2.07. The van der Waals surface area contributed by atoms with E-state index in [1.165, 1.54) is 14.7 Å². The molecule has 0 bridgehead atoms. The number of phenols is 1. The van der Waals surface area contributed by atoms with E-state index in [9.17, 15) is 9.90 Å². The maximum absolute atomic E-state index is 12.7. The highest BCUT2D eigenvalue weighted by molar-refractivity contribution is 7.97. The van der Waals surface area contributed by atoms with Gasteiger partial charge in [-0.2, -0.15) is 0 Å². The summed E-state index contributed by atoms with van der Waals surface area (Å²) in [7, 11) is -0.216. The van der Waals surface area contributed by atoms with Crippen molar-refractivity contribution in [3.05, 3.63) is 120 Å². The average Bonchev–Trinajstić information content (AvgIpc) is 2.77. The first-order valence-corrected chi connectivity index (χ1v) is 10.7. The van der Waals surface area contributed by atoms with Gasteiger partial charge in [-0.15, -0.1) is 0 Å². The van der Waals surface area contributed by atoms with Crippen molar-refractivity contribution in [3.63, 3.8) is 0 Å². The number of ketones is 1. The van der Waals surface area contributed by atoms with Crippen LogP contribution >= 0.6 is 0 Å². The van der Waals surface area contributed by atoms with E-state index in [1.807, 2.05) is 24.3 Å². The summed E-state index contributed by atoms with van der Waals surface area (Å²) >= 11 is 0. The van der Waals surface area contributed by atoms with Crippen LogP contribution < -0.4 is 0 Å². The summed E-state index contributed by atoms with van der Waals surface area (Å²) < 4.78 is 0. The maximum atomic E-state index is 12.7. The van der Waals surface area contributed by atoms with Gasteiger partial charge in [0.15, 0.2) is 20.5 Å². The van der Waals surface area contributed by atoms with Crippen LogP contribution in [0.2, 0.25) is 0 Å².